The summed E-state index contributed by atoms with van der Waals surface area (Å²) < 4.78 is 0. The first-order valence-electron chi connectivity index (χ1n) is 9.00. The lowest BCUT2D eigenvalue weighted by Crippen LogP contribution is -2.51. The van der Waals surface area contributed by atoms with Gasteiger partial charge in [-0.3, -0.25) is 9.89 Å². The third kappa shape index (κ3) is 3.38. The number of aliphatic hydroxyl groups is 1. The number of hydrogen-bond acceptors (Lipinski definition) is 6. The summed E-state index contributed by atoms with van der Waals surface area (Å²) in [4.78, 5) is 16.0. The minimum absolute atomic E-state index is 0.00837. The minimum Gasteiger partial charge on any atom is -0.383 e. The van der Waals surface area contributed by atoms with Crippen LogP contribution < -0.4 is 0 Å². The molecule has 27 heavy (non-hydrogen) atoms. The predicted molar refractivity (Wildman–Crippen MR) is 102 cm³/mol. The molecule has 3 aromatic rings. The second-order valence-electron chi connectivity index (χ2n) is 6.84. The fraction of sp³-hybridized carbons (Fsp3) is 0.368. The Kier molecular flexibility index (Phi) is 4.75. The van der Waals surface area contributed by atoms with Gasteiger partial charge in [0, 0.05) is 47.2 Å². The van der Waals surface area contributed by atoms with Gasteiger partial charge in [0.1, 0.15) is 5.60 Å². The molecule has 0 aliphatic carbocycles. The van der Waals surface area contributed by atoms with E-state index in [0.717, 1.165) is 16.9 Å². The Morgan fingerprint density at radius 2 is 2.41 bits per heavy atom. The zero-order chi connectivity index (χ0) is 18.9. The lowest BCUT2D eigenvalue weighted by Gasteiger charge is -2.43. The van der Waals surface area contributed by atoms with E-state index in [1.54, 1.807) is 24.5 Å². The molecule has 1 aliphatic rings. The van der Waals surface area contributed by atoms with Crippen molar-refractivity contribution in [1.82, 2.24) is 25.3 Å². The summed E-state index contributed by atoms with van der Waals surface area (Å²) in [6.07, 6.45) is 6.84. The van der Waals surface area contributed by atoms with Gasteiger partial charge >= 0.3 is 0 Å². The number of nitrogens with zero attached hydrogens (tertiary/aromatic N) is 4. The van der Waals surface area contributed by atoms with Crippen LogP contribution in [0.1, 0.15) is 42.2 Å². The maximum absolute atomic E-state index is 13.1. The molecule has 1 aliphatic heterocycles. The number of aromatic nitrogens is 4. The molecule has 0 aromatic carbocycles. The van der Waals surface area contributed by atoms with Gasteiger partial charge in [-0.1, -0.05) is 6.92 Å². The molecule has 0 radical (unpaired) electrons. The highest BCUT2D eigenvalue weighted by molar-refractivity contribution is 7.13. The van der Waals surface area contributed by atoms with Crippen molar-refractivity contribution in [2.24, 2.45) is 0 Å². The van der Waals surface area contributed by atoms with Crippen LogP contribution in [0.25, 0.3) is 10.4 Å². The lowest BCUT2D eigenvalue weighted by atomic mass is 9.82. The molecule has 3 aromatic heterocycles. The maximum Gasteiger partial charge on any atom is 0.254 e. The number of thiophene rings is 1. The number of aromatic amines is 1. The van der Waals surface area contributed by atoms with Crippen molar-refractivity contribution >= 4 is 17.2 Å². The molecule has 0 saturated carbocycles. The number of carbonyl (C=O) groups excluding carboxylic acids is 1. The largest absolute Gasteiger partial charge is 0.383 e. The number of piperidine rings is 1. The Bertz CT molecular complexity index is 911. The second kappa shape index (κ2) is 7.21. The molecule has 0 spiro atoms. The van der Waals surface area contributed by atoms with E-state index in [1.807, 2.05) is 29.5 Å². The number of amides is 1. The van der Waals surface area contributed by atoms with Crippen molar-refractivity contribution in [2.75, 3.05) is 6.54 Å². The molecular weight excluding hydrogens is 362 g/mol. The standard InChI is InChI=1S/C19H21N5O2S/c1-2-15-9-19(26,17-4-3-6-20-23-17)5-7-24(15)18(25)13-8-16(27-12-13)14-10-21-22-11-14/h3-4,6,8,10-12,15,26H,2,5,7,9H2,1H3,(H,21,22). The zero-order valence-corrected chi connectivity index (χ0v) is 15.8. The van der Waals surface area contributed by atoms with Crippen LogP contribution in [0, 0.1) is 0 Å². The topological polar surface area (TPSA) is 95.0 Å². The Hall–Kier alpha value is -2.58. The molecule has 8 heteroatoms. The molecule has 140 valence electrons. The SMILES string of the molecule is CCC1CC(O)(c2cccnn2)CCN1C(=O)c1csc(-c2cn[nH]c2)c1. The maximum atomic E-state index is 13.1. The fourth-order valence-corrected chi connectivity index (χ4v) is 4.52. The summed E-state index contributed by atoms with van der Waals surface area (Å²) >= 11 is 1.53. The third-order valence-corrected chi connectivity index (χ3v) is 6.17. The van der Waals surface area contributed by atoms with E-state index < -0.39 is 5.60 Å². The van der Waals surface area contributed by atoms with Crippen LogP contribution >= 0.6 is 11.3 Å². The zero-order valence-electron chi connectivity index (χ0n) is 15.0. The molecule has 1 fully saturated rings. The average Bonchev–Trinajstić information content (AvgIpc) is 3.39. The van der Waals surface area contributed by atoms with E-state index >= 15 is 0 Å². The van der Waals surface area contributed by atoms with Gasteiger partial charge in [0.2, 0.25) is 0 Å². The second-order valence-corrected chi connectivity index (χ2v) is 7.75. The van der Waals surface area contributed by atoms with Crippen LogP contribution in [-0.2, 0) is 5.60 Å². The molecule has 7 nitrogen and oxygen atoms in total. The Morgan fingerprint density at radius 1 is 1.52 bits per heavy atom. The van der Waals surface area contributed by atoms with Gasteiger partial charge in [0.25, 0.3) is 5.91 Å². The van der Waals surface area contributed by atoms with Gasteiger partial charge < -0.3 is 10.0 Å². The number of likely N-dealkylation sites (tertiary alicyclic amines) is 1. The number of H-pyrrole nitrogens is 1. The van der Waals surface area contributed by atoms with Gasteiger partial charge in [0.05, 0.1) is 17.5 Å². The van der Waals surface area contributed by atoms with Gasteiger partial charge in [-0.05, 0) is 31.0 Å². The number of carbonyl (C=O) groups is 1. The summed E-state index contributed by atoms with van der Waals surface area (Å²) in [5.74, 6) is 0.00837. The Morgan fingerprint density at radius 3 is 3.11 bits per heavy atom. The summed E-state index contributed by atoms with van der Waals surface area (Å²) in [6.45, 7) is 2.53. The summed E-state index contributed by atoms with van der Waals surface area (Å²) in [5.41, 5.74) is 1.19. The van der Waals surface area contributed by atoms with Crippen LogP contribution in [0.3, 0.4) is 0 Å². The van der Waals surface area contributed by atoms with Gasteiger partial charge in [-0.25, -0.2) is 0 Å². The molecule has 2 unspecified atom stereocenters. The Balaban J connectivity index is 1.53. The first kappa shape index (κ1) is 17.8. The van der Waals surface area contributed by atoms with Crippen LogP contribution in [0.15, 0.2) is 42.2 Å². The molecule has 4 rings (SSSR count). The van der Waals surface area contributed by atoms with E-state index in [-0.39, 0.29) is 11.9 Å². The minimum atomic E-state index is -1.04. The smallest absolute Gasteiger partial charge is 0.254 e. The van der Waals surface area contributed by atoms with Crippen molar-refractivity contribution in [3.8, 4) is 10.4 Å². The highest BCUT2D eigenvalue weighted by Gasteiger charge is 2.42. The molecule has 1 saturated heterocycles. The first-order valence-corrected chi connectivity index (χ1v) is 9.88. The summed E-state index contributed by atoms with van der Waals surface area (Å²) in [5, 5.41) is 27.7. The normalized spacial score (nSPS) is 22.7. The Labute approximate surface area is 161 Å². The molecule has 2 N–H and O–H groups in total. The van der Waals surface area contributed by atoms with E-state index in [1.165, 1.54) is 11.3 Å². The molecular formula is C19H21N5O2S. The van der Waals surface area contributed by atoms with E-state index in [2.05, 4.69) is 20.4 Å². The average molecular weight is 383 g/mol. The molecule has 0 bridgehead atoms. The van der Waals surface area contributed by atoms with Crippen LogP contribution in [0.4, 0.5) is 0 Å². The predicted octanol–water partition coefficient (Wildman–Crippen LogP) is 2.83. The van der Waals surface area contributed by atoms with E-state index in [0.29, 0.717) is 30.6 Å². The fourth-order valence-electron chi connectivity index (χ4n) is 3.66. The first-order chi connectivity index (χ1) is 13.1. The van der Waals surface area contributed by atoms with Crippen LogP contribution in [0.5, 0.6) is 0 Å². The number of nitrogens with one attached hydrogen (secondary N) is 1. The monoisotopic (exact) mass is 383 g/mol. The highest BCUT2D eigenvalue weighted by Crippen LogP contribution is 2.37. The molecule has 4 heterocycles. The van der Waals surface area contributed by atoms with E-state index in [9.17, 15) is 9.90 Å². The van der Waals surface area contributed by atoms with Gasteiger partial charge in [-0.2, -0.15) is 15.3 Å². The summed E-state index contributed by atoms with van der Waals surface area (Å²) in [7, 11) is 0. The van der Waals surface area contributed by atoms with Crippen molar-refractivity contribution in [3.63, 3.8) is 0 Å². The van der Waals surface area contributed by atoms with Crippen LogP contribution in [0.2, 0.25) is 0 Å². The van der Waals surface area contributed by atoms with Crippen molar-refractivity contribution in [3.05, 3.63) is 53.4 Å². The van der Waals surface area contributed by atoms with Gasteiger partial charge in [0.15, 0.2) is 0 Å². The van der Waals surface area contributed by atoms with Crippen LogP contribution in [-0.4, -0.2) is 48.9 Å². The summed E-state index contributed by atoms with van der Waals surface area (Å²) in [6, 6.07) is 5.44. The molecule has 1 amide bonds. The van der Waals surface area contributed by atoms with E-state index in [4.69, 9.17) is 0 Å². The third-order valence-electron chi connectivity index (χ3n) is 5.19. The van der Waals surface area contributed by atoms with Crippen molar-refractivity contribution in [2.45, 2.75) is 37.8 Å². The highest BCUT2D eigenvalue weighted by atomic mass is 32.1. The van der Waals surface area contributed by atoms with Crippen molar-refractivity contribution in [1.29, 1.82) is 0 Å². The van der Waals surface area contributed by atoms with Gasteiger partial charge in [-0.15, -0.1) is 11.3 Å². The number of rotatable bonds is 4. The molecule has 2 atom stereocenters. The lowest BCUT2D eigenvalue weighted by molar-refractivity contribution is -0.0479. The van der Waals surface area contributed by atoms with Crippen molar-refractivity contribution < 1.29 is 9.90 Å². The quantitative estimate of drug-likeness (QED) is 0.722. The number of hydrogen-bond donors (Lipinski definition) is 2.